The first-order valence-corrected chi connectivity index (χ1v) is 8.51. The van der Waals surface area contributed by atoms with E-state index in [1.165, 1.54) is 12.1 Å². The normalized spacial score (nSPS) is 15.1. The number of aromatic nitrogens is 1. The Labute approximate surface area is 154 Å². The van der Waals surface area contributed by atoms with Crippen LogP contribution in [-0.4, -0.2) is 28.4 Å². The number of aliphatic carboxylic acids is 1. The molecule has 2 aromatic carbocycles. The molecule has 0 atom stereocenters. The molecule has 1 aliphatic rings. The van der Waals surface area contributed by atoms with Gasteiger partial charge in [0.1, 0.15) is 11.6 Å². The summed E-state index contributed by atoms with van der Waals surface area (Å²) in [6.07, 6.45) is 3.09. The van der Waals surface area contributed by atoms with Crippen LogP contribution in [0, 0.1) is 5.82 Å². The summed E-state index contributed by atoms with van der Waals surface area (Å²) < 4.78 is 18.7. The molecule has 1 heterocycles. The van der Waals surface area contributed by atoms with E-state index >= 15 is 0 Å². The third kappa shape index (κ3) is 3.33. The number of benzene rings is 2. The summed E-state index contributed by atoms with van der Waals surface area (Å²) in [6, 6.07) is 11.3. The number of carboxylic acids is 1. The minimum Gasteiger partial charge on any atom is -0.482 e. The summed E-state index contributed by atoms with van der Waals surface area (Å²) >= 11 is 0. The number of Topliss-reactive ketones (excluding diaryl/α,β-unsaturated/α-hetero) is 1. The SMILES string of the molecule is O=C(O)COc1ccc(/C=C2/CCc3[nH]c4ccc(F)cc4c3C2=O)cc1. The summed E-state index contributed by atoms with van der Waals surface area (Å²) in [4.78, 5) is 26.7. The molecule has 0 bridgehead atoms. The summed E-state index contributed by atoms with van der Waals surface area (Å²) in [7, 11) is 0. The fourth-order valence-corrected chi connectivity index (χ4v) is 3.34. The smallest absolute Gasteiger partial charge is 0.341 e. The zero-order valence-corrected chi connectivity index (χ0v) is 14.3. The number of fused-ring (bicyclic) bond motifs is 3. The Balaban J connectivity index is 1.62. The van der Waals surface area contributed by atoms with E-state index in [2.05, 4.69) is 4.98 Å². The molecule has 1 aromatic heterocycles. The Kier molecular flexibility index (Phi) is 4.24. The number of H-pyrrole nitrogens is 1. The second kappa shape index (κ2) is 6.72. The van der Waals surface area contributed by atoms with Gasteiger partial charge in [0.15, 0.2) is 12.4 Å². The number of rotatable bonds is 4. The van der Waals surface area contributed by atoms with E-state index in [1.807, 2.05) is 6.08 Å². The highest BCUT2D eigenvalue weighted by atomic mass is 19.1. The number of carbonyl (C=O) groups is 2. The van der Waals surface area contributed by atoms with Crippen molar-refractivity contribution in [1.29, 1.82) is 0 Å². The predicted octanol–water partition coefficient (Wildman–Crippen LogP) is 3.98. The lowest BCUT2D eigenvalue weighted by molar-refractivity contribution is -0.139. The van der Waals surface area contributed by atoms with E-state index < -0.39 is 12.6 Å². The number of aromatic amines is 1. The number of hydrogen-bond donors (Lipinski definition) is 2. The van der Waals surface area contributed by atoms with Gasteiger partial charge in [-0.15, -0.1) is 0 Å². The lowest BCUT2D eigenvalue weighted by Gasteiger charge is -2.14. The zero-order chi connectivity index (χ0) is 19.0. The second-order valence-corrected chi connectivity index (χ2v) is 6.42. The van der Waals surface area contributed by atoms with Gasteiger partial charge in [-0.25, -0.2) is 9.18 Å². The van der Waals surface area contributed by atoms with E-state index in [1.54, 1.807) is 30.3 Å². The van der Waals surface area contributed by atoms with Crippen molar-refractivity contribution in [2.24, 2.45) is 0 Å². The Morgan fingerprint density at radius 3 is 2.70 bits per heavy atom. The number of aryl methyl sites for hydroxylation is 1. The van der Waals surface area contributed by atoms with Crippen LogP contribution in [0.3, 0.4) is 0 Å². The van der Waals surface area contributed by atoms with Crippen molar-refractivity contribution in [2.75, 3.05) is 6.61 Å². The van der Waals surface area contributed by atoms with Crippen LogP contribution >= 0.6 is 0 Å². The van der Waals surface area contributed by atoms with Crippen LogP contribution in [0.5, 0.6) is 5.75 Å². The molecule has 0 amide bonds. The molecule has 4 rings (SSSR count). The second-order valence-electron chi connectivity index (χ2n) is 6.42. The Morgan fingerprint density at radius 2 is 1.96 bits per heavy atom. The lowest BCUT2D eigenvalue weighted by atomic mass is 9.88. The van der Waals surface area contributed by atoms with E-state index in [9.17, 15) is 14.0 Å². The summed E-state index contributed by atoms with van der Waals surface area (Å²) in [5.74, 6) is -1.06. The van der Waals surface area contributed by atoms with E-state index in [-0.39, 0.29) is 11.6 Å². The van der Waals surface area contributed by atoms with Gasteiger partial charge in [-0.1, -0.05) is 12.1 Å². The van der Waals surface area contributed by atoms with Gasteiger partial charge in [0.05, 0.1) is 5.56 Å². The van der Waals surface area contributed by atoms with Crippen LogP contribution < -0.4 is 4.74 Å². The van der Waals surface area contributed by atoms with Crippen LogP contribution in [0.1, 0.15) is 28.0 Å². The predicted molar refractivity (Wildman–Crippen MR) is 98.5 cm³/mol. The summed E-state index contributed by atoms with van der Waals surface area (Å²) in [5, 5.41) is 9.24. The maximum Gasteiger partial charge on any atom is 0.341 e. The number of nitrogens with one attached hydrogen (secondary N) is 1. The highest BCUT2D eigenvalue weighted by Gasteiger charge is 2.26. The molecule has 0 radical (unpaired) electrons. The number of hydrogen-bond acceptors (Lipinski definition) is 3. The molecule has 27 heavy (non-hydrogen) atoms. The minimum absolute atomic E-state index is 0.0979. The molecule has 0 aliphatic heterocycles. The van der Waals surface area contributed by atoms with Gasteiger partial charge in [-0.2, -0.15) is 0 Å². The van der Waals surface area contributed by atoms with Crippen molar-refractivity contribution in [1.82, 2.24) is 4.98 Å². The molecule has 136 valence electrons. The van der Waals surface area contributed by atoms with Crippen LogP contribution in [0.4, 0.5) is 4.39 Å². The molecule has 2 N–H and O–H groups in total. The topological polar surface area (TPSA) is 79.4 Å². The van der Waals surface area contributed by atoms with Crippen LogP contribution in [0.2, 0.25) is 0 Å². The van der Waals surface area contributed by atoms with Gasteiger partial charge in [-0.3, -0.25) is 4.79 Å². The van der Waals surface area contributed by atoms with Crippen LogP contribution in [0.25, 0.3) is 17.0 Å². The highest BCUT2D eigenvalue weighted by molar-refractivity contribution is 6.19. The quantitative estimate of drug-likeness (QED) is 0.686. The molecule has 0 fully saturated rings. The third-order valence-corrected chi connectivity index (χ3v) is 4.58. The molecular weight excluding hydrogens is 349 g/mol. The van der Waals surface area contributed by atoms with E-state index in [4.69, 9.17) is 9.84 Å². The number of carboxylic acid groups (broad SMARTS) is 1. The number of allylic oxidation sites excluding steroid dienone is 1. The first-order valence-electron chi connectivity index (χ1n) is 8.51. The van der Waals surface area contributed by atoms with Gasteiger partial charge in [0.25, 0.3) is 0 Å². The van der Waals surface area contributed by atoms with Crippen molar-refractivity contribution in [3.63, 3.8) is 0 Å². The largest absolute Gasteiger partial charge is 0.482 e. The van der Waals surface area contributed by atoms with Crippen molar-refractivity contribution in [2.45, 2.75) is 12.8 Å². The molecule has 3 aromatic rings. The average molecular weight is 365 g/mol. The first kappa shape index (κ1) is 17.0. The fourth-order valence-electron chi connectivity index (χ4n) is 3.34. The summed E-state index contributed by atoms with van der Waals surface area (Å²) in [5.41, 5.74) is 3.62. The molecule has 0 saturated heterocycles. The van der Waals surface area contributed by atoms with Gasteiger partial charge in [0, 0.05) is 22.2 Å². The first-order chi connectivity index (χ1) is 13.0. The van der Waals surface area contributed by atoms with Gasteiger partial charge in [-0.05, 0) is 54.8 Å². The molecule has 6 heteroatoms. The third-order valence-electron chi connectivity index (χ3n) is 4.58. The standard InChI is InChI=1S/C21H16FNO4/c22-14-4-8-17-16(10-14)20-18(23-17)7-3-13(21(20)26)9-12-1-5-15(6-2-12)27-11-19(24)25/h1-2,4-6,8-10,23H,3,7,11H2,(H,24,25)/b13-9-. The lowest BCUT2D eigenvalue weighted by Crippen LogP contribution is -2.13. The Morgan fingerprint density at radius 1 is 1.19 bits per heavy atom. The number of halogens is 1. The number of ether oxygens (including phenoxy) is 1. The number of ketones is 1. The van der Waals surface area contributed by atoms with Crippen molar-refractivity contribution in [3.05, 3.63) is 70.7 Å². The van der Waals surface area contributed by atoms with Crippen molar-refractivity contribution in [3.8, 4) is 5.75 Å². The Hall–Kier alpha value is -3.41. The van der Waals surface area contributed by atoms with Crippen LogP contribution in [-0.2, 0) is 11.2 Å². The van der Waals surface area contributed by atoms with Crippen molar-refractivity contribution < 1.29 is 23.8 Å². The molecule has 1 aliphatic carbocycles. The van der Waals surface area contributed by atoms with Crippen molar-refractivity contribution >= 4 is 28.7 Å². The van der Waals surface area contributed by atoms with Crippen LogP contribution in [0.15, 0.2) is 48.0 Å². The zero-order valence-electron chi connectivity index (χ0n) is 14.3. The molecular formula is C21H16FNO4. The van der Waals surface area contributed by atoms with Gasteiger partial charge >= 0.3 is 5.97 Å². The molecule has 0 spiro atoms. The fraction of sp³-hybridized carbons (Fsp3) is 0.143. The maximum absolute atomic E-state index is 13.6. The summed E-state index contributed by atoms with van der Waals surface area (Å²) in [6.45, 7) is -0.404. The van der Waals surface area contributed by atoms with E-state index in [0.717, 1.165) is 16.8 Å². The molecule has 5 nitrogen and oxygen atoms in total. The molecule has 0 unspecified atom stereocenters. The highest BCUT2D eigenvalue weighted by Crippen LogP contribution is 2.32. The van der Waals surface area contributed by atoms with E-state index in [0.29, 0.717) is 35.1 Å². The minimum atomic E-state index is -1.04. The monoisotopic (exact) mass is 365 g/mol. The average Bonchev–Trinajstić information content (AvgIpc) is 3.02. The Bertz CT molecular complexity index is 1080. The van der Waals surface area contributed by atoms with Gasteiger partial charge in [0.2, 0.25) is 0 Å². The van der Waals surface area contributed by atoms with Gasteiger partial charge < -0.3 is 14.8 Å². The maximum atomic E-state index is 13.6. The number of carbonyl (C=O) groups excluding carboxylic acids is 1. The molecule has 0 saturated carbocycles.